The maximum Gasteiger partial charge on any atom is 0.237 e. The zero-order valence-corrected chi connectivity index (χ0v) is 12.8. The van der Waals surface area contributed by atoms with Crippen LogP contribution in [0.3, 0.4) is 0 Å². The molecule has 0 aromatic heterocycles. The van der Waals surface area contributed by atoms with E-state index in [0.717, 1.165) is 34.3 Å². The number of carbonyl (C=O) groups is 1. The Labute approximate surface area is 122 Å². The summed E-state index contributed by atoms with van der Waals surface area (Å²) in [5.74, 6) is 1.11. The largest absolute Gasteiger partial charge is 0.325 e. The van der Waals surface area contributed by atoms with Crippen molar-refractivity contribution in [3.8, 4) is 0 Å². The maximum atomic E-state index is 12.3. The number of nitrogens with zero attached hydrogens (tertiary/aromatic N) is 1. The van der Waals surface area contributed by atoms with Gasteiger partial charge in [0, 0.05) is 11.4 Å². The molecule has 1 aromatic carbocycles. The van der Waals surface area contributed by atoms with Crippen LogP contribution >= 0.6 is 23.5 Å². The number of aryl methyl sites for hydroxylation is 1. The first-order chi connectivity index (χ1) is 9.20. The van der Waals surface area contributed by atoms with Gasteiger partial charge in [-0.05, 0) is 25.0 Å². The molecule has 1 amide bonds. The normalized spacial score (nSPS) is 16.0. The van der Waals surface area contributed by atoms with Crippen molar-refractivity contribution in [2.24, 2.45) is 4.99 Å². The summed E-state index contributed by atoms with van der Waals surface area (Å²) < 4.78 is 1.05. The average molecular weight is 294 g/mol. The third kappa shape index (κ3) is 4.01. The average Bonchev–Trinajstić information content (AvgIpc) is 2.91. The van der Waals surface area contributed by atoms with Gasteiger partial charge in [-0.25, -0.2) is 0 Å². The Hall–Kier alpha value is -0.940. The van der Waals surface area contributed by atoms with Crippen LogP contribution < -0.4 is 5.32 Å². The highest BCUT2D eigenvalue weighted by atomic mass is 32.2. The molecule has 102 valence electrons. The van der Waals surface area contributed by atoms with Gasteiger partial charge in [0.25, 0.3) is 0 Å². The number of thioether (sulfide) groups is 2. The summed E-state index contributed by atoms with van der Waals surface area (Å²) in [5.41, 5.74) is 1.98. The van der Waals surface area contributed by atoms with Gasteiger partial charge in [0.1, 0.15) is 4.38 Å². The number of hydrogen-bond donors (Lipinski definition) is 1. The van der Waals surface area contributed by atoms with Crippen molar-refractivity contribution < 1.29 is 4.79 Å². The summed E-state index contributed by atoms with van der Waals surface area (Å²) in [5, 5.41) is 2.95. The Morgan fingerprint density at radius 1 is 1.53 bits per heavy atom. The Bertz CT molecular complexity index is 488. The van der Waals surface area contributed by atoms with Gasteiger partial charge in [-0.2, -0.15) is 0 Å². The van der Waals surface area contributed by atoms with E-state index in [9.17, 15) is 4.79 Å². The van der Waals surface area contributed by atoms with E-state index in [2.05, 4.69) is 10.3 Å². The minimum absolute atomic E-state index is 0.0658. The van der Waals surface area contributed by atoms with Gasteiger partial charge < -0.3 is 5.32 Å². The lowest BCUT2D eigenvalue weighted by Crippen LogP contribution is -2.25. The number of hydrogen-bond acceptors (Lipinski definition) is 4. The molecule has 1 N–H and O–H groups in total. The Morgan fingerprint density at radius 2 is 2.32 bits per heavy atom. The van der Waals surface area contributed by atoms with Crippen molar-refractivity contribution in [1.29, 1.82) is 0 Å². The standard InChI is InChI=1S/C14H18N2OS2/c1-3-12(19-14-15-8-9-18-14)13(17)16-11-7-5-4-6-10(11)2/h4-7,12H,3,8-9H2,1-2H3,(H,16,17). The lowest BCUT2D eigenvalue weighted by molar-refractivity contribution is -0.115. The summed E-state index contributed by atoms with van der Waals surface area (Å²) >= 11 is 3.33. The molecule has 0 spiro atoms. The van der Waals surface area contributed by atoms with Crippen LogP contribution in [0.1, 0.15) is 18.9 Å². The molecule has 0 saturated heterocycles. The van der Waals surface area contributed by atoms with E-state index >= 15 is 0 Å². The molecule has 0 saturated carbocycles. The summed E-state index contributed by atoms with van der Waals surface area (Å²) in [6.45, 7) is 4.92. The first-order valence-electron chi connectivity index (χ1n) is 6.41. The second-order valence-corrected chi connectivity index (χ2v) is 6.85. The van der Waals surface area contributed by atoms with Crippen LogP contribution in [0.5, 0.6) is 0 Å². The van der Waals surface area contributed by atoms with Crippen molar-refractivity contribution in [2.75, 3.05) is 17.6 Å². The SMILES string of the molecule is CCC(SC1=NCCS1)C(=O)Nc1ccccc1C. The van der Waals surface area contributed by atoms with Gasteiger partial charge in [0.15, 0.2) is 0 Å². The van der Waals surface area contributed by atoms with Crippen molar-refractivity contribution >= 4 is 39.5 Å². The van der Waals surface area contributed by atoms with E-state index in [1.165, 1.54) is 0 Å². The molecule has 5 heteroatoms. The molecule has 0 fully saturated rings. The number of aliphatic imine (C=N–C) groups is 1. The zero-order valence-electron chi connectivity index (χ0n) is 11.2. The Kier molecular flexibility index (Phi) is 5.34. The first-order valence-corrected chi connectivity index (χ1v) is 8.27. The molecule has 1 aliphatic heterocycles. The molecule has 1 atom stereocenters. The van der Waals surface area contributed by atoms with E-state index < -0.39 is 0 Å². The highest BCUT2D eigenvalue weighted by Crippen LogP contribution is 2.28. The van der Waals surface area contributed by atoms with Gasteiger partial charge in [-0.15, -0.1) is 0 Å². The second kappa shape index (κ2) is 7.01. The minimum Gasteiger partial charge on any atom is -0.325 e. The molecule has 19 heavy (non-hydrogen) atoms. The summed E-state index contributed by atoms with van der Waals surface area (Å²) in [4.78, 5) is 16.7. The quantitative estimate of drug-likeness (QED) is 0.923. The molecule has 0 aliphatic carbocycles. The van der Waals surface area contributed by atoms with Gasteiger partial charge in [-0.3, -0.25) is 9.79 Å². The monoisotopic (exact) mass is 294 g/mol. The van der Waals surface area contributed by atoms with Crippen LogP contribution in [-0.2, 0) is 4.79 Å². The molecular formula is C14H18N2OS2. The van der Waals surface area contributed by atoms with Crippen LogP contribution in [0.2, 0.25) is 0 Å². The molecule has 0 radical (unpaired) electrons. The molecule has 1 heterocycles. The fourth-order valence-electron chi connectivity index (χ4n) is 1.76. The third-order valence-corrected chi connectivity index (χ3v) is 5.43. The highest BCUT2D eigenvalue weighted by Gasteiger charge is 2.21. The summed E-state index contributed by atoms with van der Waals surface area (Å²) in [7, 11) is 0. The fourth-order valence-corrected chi connectivity index (χ4v) is 3.91. The molecule has 0 bridgehead atoms. The van der Waals surface area contributed by atoms with E-state index in [4.69, 9.17) is 0 Å². The van der Waals surface area contributed by atoms with Crippen LogP contribution in [0.15, 0.2) is 29.3 Å². The third-order valence-electron chi connectivity index (χ3n) is 2.87. The number of nitrogens with one attached hydrogen (secondary N) is 1. The summed E-state index contributed by atoms with van der Waals surface area (Å²) in [6.07, 6.45) is 0.808. The van der Waals surface area contributed by atoms with Crippen molar-refractivity contribution in [3.63, 3.8) is 0 Å². The minimum atomic E-state index is -0.0658. The second-order valence-electron chi connectivity index (χ2n) is 4.32. The molecule has 1 unspecified atom stereocenters. The topological polar surface area (TPSA) is 41.5 Å². The first kappa shape index (κ1) is 14.5. The number of carbonyl (C=O) groups excluding carboxylic acids is 1. The van der Waals surface area contributed by atoms with E-state index in [0.29, 0.717) is 0 Å². The predicted molar refractivity (Wildman–Crippen MR) is 86.2 cm³/mol. The van der Waals surface area contributed by atoms with Crippen LogP contribution in [0, 0.1) is 6.92 Å². The van der Waals surface area contributed by atoms with Gasteiger partial charge in [-0.1, -0.05) is 48.6 Å². The molecule has 1 aromatic rings. The lowest BCUT2D eigenvalue weighted by Gasteiger charge is -2.15. The summed E-state index contributed by atoms with van der Waals surface area (Å²) in [6, 6.07) is 7.85. The highest BCUT2D eigenvalue weighted by molar-refractivity contribution is 8.39. The maximum absolute atomic E-state index is 12.3. The number of amides is 1. The predicted octanol–water partition coefficient (Wildman–Crippen LogP) is 3.55. The van der Waals surface area contributed by atoms with Crippen LogP contribution in [0.25, 0.3) is 0 Å². The van der Waals surface area contributed by atoms with E-state index in [-0.39, 0.29) is 11.2 Å². The molecular weight excluding hydrogens is 276 g/mol. The zero-order chi connectivity index (χ0) is 13.7. The van der Waals surface area contributed by atoms with Gasteiger partial charge >= 0.3 is 0 Å². The molecule has 1 aliphatic rings. The number of para-hydroxylation sites is 1. The van der Waals surface area contributed by atoms with Gasteiger partial charge in [0.05, 0.1) is 11.8 Å². The fraction of sp³-hybridized carbons (Fsp3) is 0.429. The van der Waals surface area contributed by atoms with Gasteiger partial charge in [0.2, 0.25) is 5.91 Å². The lowest BCUT2D eigenvalue weighted by atomic mass is 10.2. The van der Waals surface area contributed by atoms with Crippen LogP contribution in [-0.4, -0.2) is 27.8 Å². The van der Waals surface area contributed by atoms with Crippen molar-refractivity contribution in [3.05, 3.63) is 29.8 Å². The number of anilines is 1. The van der Waals surface area contributed by atoms with Crippen LogP contribution in [0.4, 0.5) is 5.69 Å². The van der Waals surface area contributed by atoms with E-state index in [1.54, 1.807) is 23.5 Å². The number of benzene rings is 1. The smallest absolute Gasteiger partial charge is 0.237 e. The Balaban J connectivity index is 1.98. The molecule has 3 nitrogen and oxygen atoms in total. The van der Waals surface area contributed by atoms with Crippen molar-refractivity contribution in [2.45, 2.75) is 25.5 Å². The van der Waals surface area contributed by atoms with Crippen molar-refractivity contribution in [1.82, 2.24) is 0 Å². The Morgan fingerprint density at radius 3 is 2.95 bits per heavy atom. The number of rotatable bonds is 4. The van der Waals surface area contributed by atoms with E-state index in [1.807, 2.05) is 38.1 Å². The molecule has 2 rings (SSSR count).